The quantitative estimate of drug-likeness (QED) is 0.159. The molecule has 1 aromatic heterocycles. The Morgan fingerprint density at radius 1 is 0.932 bits per heavy atom. The number of nitrogens with two attached hydrogens (primary N) is 1. The minimum Gasteiger partial charge on any atom is -0.461 e. The Labute approximate surface area is 352 Å². The predicted octanol–water partition coefficient (Wildman–Crippen LogP) is 8.70. The molecule has 3 heterocycles. The Bertz CT molecular complexity index is 2020. The van der Waals surface area contributed by atoms with Crippen LogP contribution in [0.25, 0.3) is 0 Å². The van der Waals surface area contributed by atoms with Gasteiger partial charge in [-0.05, 0) is 101 Å². The number of allylic oxidation sites excluding steroid dienone is 1. The maximum atomic E-state index is 14.9. The third-order valence-corrected chi connectivity index (χ3v) is 17.9. The molecule has 12 atom stereocenters. The number of likely N-dealkylation sites (tertiary alicyclic amines) is 1. The van der Waals surface area contributed by atoms with E-state index in [1.54, 1.807) is 10.4 Å². The lowest BCUT2D eigenvalue weighted by Crippen LogP contribution is -2.69. The van der Waals surface area contributed by atoms with Crippen LogP contribution in [-0.2, 0) is 32.2 Å². The Hall–Kier alpha value is -3.60. The van der Waals surface area contributed by atoms with E-state index in [0.717, 1.165) is 70.1 Å². The molecule has 10 nitrogen and oxygen atoms in total. The van der Waals surface area contributed by atoms with E-state index in [-0.39, 0.29) is 63.2 Å². The van der Waals surface area contributed by atoms with E-state index in [9.17, 15) is 4.79 Å². The summed E-state index contributed by atoms with van der Waals surface area (Å²) in [5, 5.41) is 13.5. The van der Waals surface area contributed by atoms with E-state index in [4.69, 9.17) is 25.0 Å². The van der Waals surface area contributed by atoms with Crippen LogP contribution in [-0.4, -0.2) is 69.6 Å². The van der Waals surface area contributed by atoms with Gasteiger partial charge in [0, 0.05) is 30.5 Å². The van der Waals surface area contributed by atoms with Gasteiger partial charge in [-0.25, -0.2) is 0 Å². The van der Waals surface area contributed by atoms with Crippen molar-refractivity contribution in [3.63, 3.8) is 0 Å². The number of nitrogens with zero attached hydrogens (tertiary/aromatic N) is 5. The van der Waals surface area contributed by atoms with Gasteiger partial charge < -0.3 is 19.9 Å². The van der Waals surface area contributed by atoms with Gasteiger partial charge in [0.25, 0.3) is 5.95 Å². The molecule has 2 aliphatic heterocycles. The number of carbonyl (C=O) groups excluding carboxylic acids is 1. The molecular formula is C49H68N6O4. The first kappa shape index (κ1) is 40.8. The van der Waals surface area contributed by atoms with Crippen molar-refractivity contribution in [1.82, 2.24) is 25.1 Å². The predicted molar refractivity (Wildman–Crippen MR) is 228 cm³/mol. The van der Waals surface area contributed by atoms with Crippen molar-refractivity contribution in [2.75, 3.05) is 32.0 Å². The number of rotatable bonds is 10. The highest BCUT2D eigenvalue weighted by atomic mass is 16.5. The molecular weight excluding hydrogens is 737 g/mol. The summed E-state index contributed by atoms with van der Waals surface area (Å²) < 4.78 is 20.6. The zero-order valence-corrected chi connectivity index (χ0v) is 36.6. The maximum Gasteiger partial charge on any atom is 0.310 e. The fraction of sp³-hybridized carbons (Fsp3) is 0.673. The van der Waals surface area contributed by atoms with Crippen LogP contribution in [0.2, 0.25) is 0 Å². The van der Waals surface area contributed by atoms with E-state index in [2.05, 4.69) is 100 Å². The molecule has 6 aliphatic rings. The number of nitrogen functional groups attached to an aromatic ring is 1. The average molecular weight is 805 g/mol. The molecule has 2 unspecified atom stereocenters. The number of benzene rings is 2. The third-order valence-electron chi connectivity index (χ3n) is 17.9. The number of tetrazole rings is 1. The molecule has 9 rings (SSSR count). The van der Waals surface area contributed by atoms with E-state index >= 15 is 0 Å². The second-order valence-corrected chi connectivity index (χ2v) is 21.0. The number of aromatic nitrogens is 4. The molecule has 10 heteroatoms. The first-order valence-electron chi connectivity index (χ1n) is 22.7. The van der Waals surface area contributed by atoms with Gasteiger partial charge in [0.15, 0.2) is 0 Å². The molecule has 2 saturated heterocycles. The highest BCUT2D eigenvalue weighted by molar-refractivity contribution is 5.75. The van der Waals surface area contributed by atoms with Gasteiger partial charge in [0.1, 0.15) is 12.6 Å². The summed E-state index contributed by atoms with van der Waals surface area (Å²) in [7, 11) is 0. The largest absolute Gasteiger partial charge is 0.461 e. The summed E-state index contributed by atoms with van der Waals surface area (Å²) in [6.45, 7) is 21.3. The Morgan fingerprint density at radius 2 is 1.66 bits per heavy atom. The molecule has 0 spiro atoms. The van der Waals surface area contributed by atoms with Gasteiger partial charge in [-0.1, -0.05) is 126 Å². The van der Waals surface area contributed by atoms with Crippen LogP contribution in [0.5, 0.6) is 0 Å². The minimum atomic E-state index is -0.289. The topological polar surface area (TPSA) is 118 Å². The summed E-state index contributed by atoms with van der Waals surface area (Å²) in [4.78, 5) is 19.2. The first-order valence-corrected chi connectivity index (χ1v) is 22.7. The van der Waals surface area contributed by atoms with Crippen LogP contribution in [0.3, 0.4) is 0 Å². The molecule has 4 aliphatic carbocycles. The molecule has 2 bridgehead atoms. The van der Waals surface area contributed by atoms with Crippen LogP contribution < -0.4 is 5.73 Å². The lowest BCUT2D eigenvalue weighted by atomic mass is 9.34. The van der Waals surface area contributed by atoms with Gasteiger partial charge in [-0.2, -0.15) is 4.80 Å². The highest BCUT2D eigenvalue weighted by Crippen LogP contribution is 2.75. The molecule has 59 heavy (non-hydrogen) atoms. The van der Waals surface area contributed by atoms with Crippen molar-refractivity contribution in [3.8, 4) is 0 Å². The van der Waals surface area contributed by atoms with Gasteiger partial charge >= 0.3 is 5.97 Å². The van der Waals surface area contributed by atoms with Gasteiger partial charge in [0.2, 0.25) is 0 Å². The van der Waals surface area contributed by atoms with Crippen LogP contribution in [0.1, 0.15) is 111 Å². The Balaban J connectivity index is 1.06. The average Bonchev–Trinajstić information content (AvgIpc) is 3.87. The zero-order chi connectivity index (χ0) is 41.4. The van der Waals surface area contributed by atoms with Gasteiger partial charge in [-0.3, -0.25) is 9.69 Å². The van der Waals surface area contributed by atoms with Crippen molar-refractivity contribution in [2.24, 2.45) is 56.7 Å². The van der Waals surface area contributed by atoms with E-state index < -0.39 is 0 Å². The number of carbonyl (C=O) groups is 1. The number of ether oxygens (including phenoxy) is 3. The molecule has 0 amide bonds. The molecule has 2 aromatic carbocycles. The number of esters is 1. The normalized spacial score (nSPS) is 39.8. The number of fused-ring (bicyclic) bond motifs is 3. The van der Waals surface area contributed by atoms with Gasteiger partial charge in [-0.15, -0.1) is 5.10 Å². The molecule has 3 aromatic rings. The van der Waals surface area contributed by atoms with E-state index in [1.807, 2.05) is 30.3 Å². The fourth-order valence-electron chi connectivity index (χ4n) is 14.3. The summed E-state index contributed by atoms with van der Waals surface area (Å²) in [5.41, 5.74) is 9.03. The Kier molecular flexibility index (Phi) is 10.4. The number of hydrogen-bond donors (Lipinski definition) is 1. The Morgan fingerprint density at radius 3 is 2.36 bits per heavy atom. The van der Waals surface area contributed by atoms with Crippen LogP contribution in [0, 0.1) is 56.7 Å². The van der Waals surface area contributed by atoms with Crippen LogP contribution in [0.4, 0.5) is 5.95 Å². The lowest BCUT2D eigenvalue weighted by molar-refractivity contribution is -0.258. The van der Waals surface area contributed by atoms with Gasteiger partial charge in [0.05, 0.1) is 31.3 Å². The smallest absolute Gasteiger partial charge is 0.310 e. The molecule has 3 saturated carbocycles. The van der Waals surface area contributed by atoms with Crippen LogP contribution in [0.15, 0.2) is 72.3 Å². The second-order valence-electron chi connectivity index (χ2n) is 21.0. The van der Waals surface area contributed by atoms with Crippen molar-refractivity contribution >= 4 is 11.9 Å². The summed E-state index contributed by atoms with van der Waals surface area (Å²) in [5.74, 6) is 1.43. The molecule has 318 valence electrons. The fourth-order valence-corrected chi connectivity index (χ4v) is 14.3. The second kappa shape index (κ2) is 15.1. The first-order chi connectivity index (χ1) is 28.2. The maximum absolute atomic E-state index is 14.9. The van der Waals surface area contributed by atoms with E-state index in [0.29, 0.717) is 43.5 Å². The third kappa shape index (κ3) is 6.52. The van der Waals surface area contributed by atoms with Crippen molar-refractivity contribution in [2.45, 2.75) is 125 Å². The molecule has 5 fully saturated rings. The zero-order valence-electron chi connectivity index (χ0n) is 36.6. The molecule has 0 radical (unpaired) electrons. The summed E-state index contributed by atoms with van der Waals surface area (Å²) in [6, 6.07) is 20.7. The highest BCUT2D eigenvalue weighted by Gasteiger charge is 2.72. The monoisotopic (exact) mass is 805 g/mol. The standard InChI is InChI=1S/C49H68N6O4/c1-32(2)33(3)45(4)23-24-47(6)37-18-19-40-46(5)30-57-31-49(40,38(37)20-22-48(47,7)41(45)43(56)58-29-35-16-12-9-13-17-35)26-39(55-52-44(50)51-53-55)42(46)59-36-21-25-54(28-36)27-34-14-10-8-11-15-34/h8-17,20,32-33,36-37,39-42H,18-19,21-31H2,1-7H3,(H2,50,52)/t33-,36?,37+,39-,40+,41-,42+,45-,46+,47-,48+,49?/m1/s1. The molecule has 2 N–H and O–H groups in total. The minimum absolute atomic E-state index is 0.0311. The van der Waals surface area contributed by atoms with Crippen molar-refractivity contribution in [1.29, 1.82) is 0 Å². The number of hydrogen-bond acceptors (Lipinski definition) is 9. The lowest BCUT2D eigenvalue weighted by Gasteiger charge is -2.71. The summed E-state index contributed by atoms with van der Waals surface area (Å²) in [6.07, 6.45) is 9.46. The van der Waals surface area contributed by atoms with Crippen LogP contribution >= 0.6 is 0 Å². The van der Waals surface area contributed by atoms with E-state index in [1.165, 1.54) is 5.56 Å². The van der Waals surface area contributed by atoms with Crippen molar-refractivity contribution < 1.29 is 19.0 Å². The van der Waals surface area contributed by atoms with Crippen molar-refractivity contribution in [3.05, 3.63) is 83.4 Å². The summed E-state index contributed by atoms with van der Waals surface area (Å²) >= 11 is 0. The SMILES string of the molecule is CC(C)[C@@H](C)[C@@]1(C)CC[C@]2(C)[C@H]3CC[C@@H]4C5(COC[C@]4(C)[C@@H](OC4CCN(Cc6ccccc6)C4)[C@H](n4nnc(N)n4)C5)C3=CC[C@@]2(C)[C@@H]1C(=O)OCc1ccccc1. The number of anilines is 1.